The molecule has 0 bridgehead atoms. The largest absolute Gasteiger partial charge is 0.327 e. The molecule has 0 saturated heterocycles. The van der Waals surface area contributed by atoms with E-state index in [1.807, 2.05) is 6.20 Å². The van der Waals surface area contributed by atoms with Crippen molar-refractivity contribution in [1.29, 1.82) is 0 Å². The summed E-state index contributed by atoms with van der Waals surface area (Å²) in [5.74, 6) is 1.75. The third-order valence-electron chi connectivity index (χ3n) is 3.46. The highest BCUT2D eigenvalue weighted by Crippen LogP contribution is 2.11. The van der Waals surface area contributed by atoms with E-state index in [-0.39, 0.29) is 0 Å². The molecule has 3 heteroatoms. The van der Waals surface area contributed by atoms with Gasteiger partial charge >= 0.3 is 0 Å². The Balaban J connectivity index is 2.06. The van der Waals surface area contributed by atoms with Gasteiger partial charge in [0.2, 0.25) is 0 Å². The summed E-state index contributed by atoms with van der Waals surface area (Å²) in [6, 6.07) is 8.72. The van der Waals surface area contributed by atoms with E-state index in [0.29, 0.717) is 5.92 Å². The first-order valence-electron chi connectivity index (χ1n) is 7.33. The summed E-state index contributed by atoms with van der Waals surface area (Å²) in [5, 5.41) is 3.49. The van der Waals surface area contributed by atoms with Crippen molar-refractivity contribution in [3.63, 3.8) is 0 Å². The van der Waals surface area contributed by atoms with Crippen molar-refractivity contribution in [3.05, 3.63) is 53.1 Å². The number of hydrogen-bond donors (Lipinski definition) is 1. The molecule has 0 aliphatic rings. The fourth-order valence-corrected chi connectivity index (χ4v) is 2.24. The summed E-state index contributed by atoms with van der Waals surface area (Å²) < 4.78 is 2.29. The maximum absolute atomic E-state index is 4.45. The van der Waals surface area contributed by atoms with Gasteiger partial charge in [-0.3, -0.25) is 0 Å². The molecule has 1 aromatic heterocycles. The lowest BCUT2D eigenvalue weighted by molar-refractivity contribution is 0.537. The Morgan fingerprint density at radius 1 is 1.15 bits per heavy atom. The average molecular weight is 271 g/mol. The fourth-order valence-electron chi connectivity index (χ4n) is 2.24. The Morgan fingerprint density at radius 2 is 1.85 bits per heavy atom. The maximum atomic E-state index is 4.45. The number of rotatable bonds is 6. The molecule has 1 aromatic carbocycles. The Bertz CT molecular complexity index is 538. The Hall–Kier alpha value is -1.61. The van der Waals surface area contributed by atoms with E-state index < -0.39 is 0 Å². The second-order valence-electron chi connectivity index (χ2n) is 5.89. The summed E-state index contributed by atoms with van der Waals surface area (Å²) in [6.45, 7) is 11.4. The van der Waals surface area contributed by atoms with Gasteiger partial charge in [0.05, 0.1) is 5.69 Å². The monoisotopic (exact) mass is 271 g/mol. The quantitative estimate of drug-likeness (QED) is 0.873. The van der Waals surface area contributed by atoms with Crippen LogP contribution < -0.4 is 5.32 Å². The molecule has 0 aliphatic carbocycles. The lowest BCUT2D eigenvalue weighted by atomic mass is 10.1. The minimum Gasteiger partial charge on any atom is -0.327 e. The van der Waals surface area contributed by atoms with Crippen LogP contribution in [0.15, 0.2) is 30.5 Å². The van der Waals surface area contributed by atoms with Crippen LogP contribution in [-0.2, 0) is 13.1 Å². The van der Waals surface area contributed by atoms with Crippen LogP contribution in [0.2, 0.25) is 0 Å². The van der Waals surface area contributed by atoms with E-state index >= 15 is 0 Å². The first-order chi connectivity index (χ1) is 9.56. The number of aryl methyl sites for hydroxylation is 2. The van der Waals surface area contributed by atoms with E-state index in [4.69, 9.17) is 0 Å². The van der Waals surface area contributed by atoms with Gasteiger partial charge in [0, 0.05) is 19.3 Å². The van der Waals surface area contributed by atoms with Crippen molar-refractivity contribution in [2.45, 2.75) is 40.8 Å². The molecule has 2 aromatic rings. The minimum atomic E-state index is 0.671. The van der Waals surface area contributed by atoms with Gasteiger partial charge in [-0.2, -0.15) is 0 Å². The summed E-state index contributed by atoms with van der Waals surface area (Å²) in [6.07, 6.45) is 1.98. The highest BCUT2D eigenvalue weighted by molar-refractivity contribution is 5.22. The highest BCUT2D eigenvalue weighted by atomic mass is 15.1. The third-order valence-corrected chi connectivity index (χ3v) is 3.46. The van der Waals surface area contributed by atoms with Crippen LogP contribution in [0.1, 0.15) is 36.5 Å². The van der Waals surface area contributed by atoms with Crippen molar-refractivity contribution in [1.82, 2.24) is 14.9 Å². The molecule has 0 atom stereocenters. The molecule has 20 heavy (non-hydrogen) atoms. The summed E-state index contributed by atoms with van der Waals surface area (Å²) in [4.78, 5) is 4.45. The van der Waals surface area contributed by atoms with Gasteiger partial charge in [0.15, 0.2) is 0 Å². The number of nitrogens with one attached hydrogen (secondary N) is 1. The molecule has 0 fully saturated rings. The molecule has 0 amide bonds. The summed E-state index contributed by atoms with van der Waals surface area (Å²) in [7, 11) is 0. The number of benzene rings is 1. The Kier molecular flexibility index (Phi) is 4.96. The first-order valence-corrected chi connectivity index (χ1v) is 7.33. The normalized spacial score (nSPS) is 11.2. The minimum absolute atomic E-state index is 0.671. The average Bonchev–Trinajstić information content (AvgIpc) is 2.74. The van der Waals surface area contributed by atoms with Crippen LogP contribution in [0.3, 0.4) is 0 Å². The van der Waals surface area contributed by atoms with Crippen molar-refractivity contribution in [2.24, 2.45) is 5.92 Å². The van der Waals surface area contributed by atoms with E-state index in [2.05, 4.69) is 66.8 Å². The molecule has 0 radical (unpaired) electrons. The van der Waals surface area contributed by atoms with Crippen LogP contribution in [0.4, 0.5) is 0 Å². The third kappa shape index (κ3) is 3.94. The number of hydrogen-bond acceptors (Lipinski definition) is 2. The lowest BCUT2D eigenvalue weighted by Crippen LogP contribution is -2.21. The van der Waals surface area contributed by atoms with Crippen molar-refractivity contribution in [2.75, 3.05) is 6.54 Å². The van der Waals surface area contributed by atoms with Crippen LogP contribution >= 0.6 is 0 Å². The van der Waals surface area contributed by atoms with Gasteiger partial charge in [-0.25, -0.2) is 4.98 Å². The summed E-state index contributed by atoms with van der Waals surface area (Å²) >= 11 is 0. The van der Waals surface area contributed by atoms with Gasteiger partial charge in [-0.15, -0.1) is 0 Å². The zero-order valence-electron chi connectivity index (χ0n) is 13.0. The SMILES string of the molecule is Cc1ccc(Cn2c(CNCC(C)C)cnc2C)cc1. The maximum Gasteiger partial charge on any atom is 0.106 e. The fraction of sp³-hybridized carbons (Fsp3) is 0.471. The van der Waals surface area contributed by atoms with Gasteiger partial charge in [0.1, 0.15) is 5.82 Å². The van der Waals surface area contributed by atoms with Crippen LogP contribution in [0.25, 0.3) is 0 Å². The van der Waals surface area contributed by atoms with E-state index in [1.165, 1.54) is 16.8 Å². The molecule has 3 nitrogen and oxygen atoms in total. The van der Waals surface area contributed by atoms with Gasteiger partial charge in [-0.1, -0.05) is 43.7 Å². The second kappa shape index (κ2) is 6.71. The predicted molar refractivity (Wildman–Crippen MR) is 83.8 cm³/mol. The van der Waals surface area contributed by atoms with Crippen molar-refractivity contribution >= 4 is 0 Å². The van der Waals surface area contributed by atoms with Crippen LogP contribution in [-0.4, -0.2) is 16.1 Å². The standard InChI is InChI=1S/C17H25N3/c1-13(2)9-18-10-17-11-19-15(4)20(17)12-16-7-5-14(3)6-8-16/h5-8,11,13,18H,9-10,12H2,1-4H3. The molecule has 108 valence electrons. The molecule has 0 saturated carbocycles. The number of aromatic nitrogens is 2. The van der Waals surface area contributed by atoms with Crippen LogP contribution in [0, 0.1) is 19.8 Å². The molecule has 2 rings (SSSR count). The van der Waals surface area contributed by atoms with Gasteiger partial charge < -0.3 is 9.88 Å². The van der Waals surface area contributed by atoms with E-state index in [9.17, 15) is 0 Å². The lowest BCUT2D eigenvalue weighted by Gasteiger charge is -2.12. The molecule has 1 heterocycles. The number of imidazole rings is 1. The first kappa shape index (κ1) is 14.8. The Labute approximate surface area is 122 Å². The molecular formula is C17H25N3. The smallest absolute Gasteiger partial charge is 0.106 e. The molecular weight excluding hydrogens is 246 g/mol. The molecule has 1 N–H and O–H groups in total. The molecule has 0 spiro atoms. The molecule has 0 unspecified atom stereocenters. The predicted octanol–water partition coefficient (Wildman–Crippen LogP) is 3.29. The highest BCUT2D eigenvalue weighted by Gasteiger charge is 2.07. The van der Waals surface area contributed by atoms with Gasteiger partial charge in [0.25, 0.3) is 0 Å². The van der Waals surface area contributed by atoms with Crippen molar-refractivity contribution in [3.8, 4) is 0 Å². The van der Waals surface area contributed by atoms with Gasteiger partial charge in [-0.05, 0) is 31.9 Å². The Morgan fingerprint density at radius 3 is 2.50 bits per heavy atom. The van der Waals surface area contributed by atoms with E-state index in [1.54, 1.807) is 0 Å². The number of nitrogens with zero attached hydrogens (tertiary/aromatic N) is 2. The van der Waals surface area contributed by atoms with E-state index in [0.717, 1.165) is 25.5 Å². The zero-order chi connectivity index (χ0) is 14.5. The van der Waals surface area contributed by atoms with Crippen LogP contribution in [0.5, 0.6) is 0 Å². The summed E-state index contributed by atoms with van der Waals surface area (Å²) in [5.41, 5.74) is 3.88. The van der Waals surface area contributed by atoms with Crippen molar-refractivity contribution < 1.29 is 0 Å². The zero-order valence-corrected chi connectivity index (χ0v) is 13.0. The topological polar surface area (TPSA) is 29.9 Å². The molecule has 0 aliphatic heterocycles. The second-order valence-corrected chi connectivity index (χ2v) is 5.89.